The lowest BCUT2D eigenvalue weighted by Crippen LogP contribution is -2.37. The van der Waals surface area contributed by atoms with Gasteiger partial charge in [-0.25, -0.2) is 0 Å². The molecule has 1 heterocycles. The number of ether oxygens (including phenoxy) is 1. The first-order valence-electron chi connectivity index (χ1n) is 8.64. The number of hydrogen-bond donors (Lipinski definition) is 0. The van der Waals surface area contributed by atoms with Crippen LogP contribution in [0.15, 0.2) is 73.1 Å². The second-order valence-electron chi connectivity index (χ2n) is 6.30. The van der Waals surface area contributed by atoms with Gasteiger partial charge < -0.3 is 9.64 Å². The zero-order chi connectivity index (χ0) is 18.4. The van der Waals surface area contributed by atoms with E-state index in [0.717, 1.165) is 5.56 Å². The standard InChI is InChI=1S/C21H23N3O2/c1-17(26-20-11-7-4-8-12-20)21(25)23(2)14-19-13-22-24(16-19)15-18-9-5-3-6-10-18/h3-13,16-17H,14-15H2,1-2H3. The molecule has 0 aliphatic carbocycles. The normalized spacial score (nSPS) is 11.8. The molecule has 3 rings (SSSR count). The molecule has 0 saturated heterocycles. The fourth-order valence-electron chi connectivity index (χ4n) is 2.76. The van der Waals surface area contributed by atoms with Gasteiger partial charge in [0.15, 0.2) is 6.10 Å². The van der Waals surface area contributed by atoms with Crippen molar-refractivity contribution in [3.8, 4) is 5.75 Å². The van der Waals surface area contributed by atoms with Crippen LogP contribution in [0.4, 0.5) is 0 Å². The van der Waals surface area contributed by atoms with E-state index >= 15 is 0 Å². The molecule has 0 bridgehead atoms. The zero-order valence-corrected chi connectivity index (χ0v) is 15.1. The zero-order valence-electron chi connectivity index (χ0n) is 15.1. The third kappa shape index (κ3) is 4.72. The number of hydrogen-bond acceptors (Lipinski definition) is 3. The summed E-state index contributed by atoms with van der Waals surface area (Å²) >= 11 is 0. The quantitative estimate of drug-likeness (QED) is 0.657. The Balaban J connectivity index is 1.55. The summed E-state index contributed by atoms with van der Waals surface area (Å²) in [4.78, 5) is 14.2. The molecule has 1 unspecified atom stereocenters. The Labute approximate surface area is 153 Å². The van der Waals surface area contributed by atoms with Gasteiger partial charge in [0.2, 0.25) is 0 Å². The van der Waals surface area contributed by atoms with Gasteiger partial charge in [0.1, 0.15) is 5.75 Å². The molecule has 0 radical (unpaired) electrons. The number of rotatable bonds is 7. The van der Waals surface area contributed by atoms with Crippen molar-refractivity contribution in [2.45, 2.75) is 26.1 Å². The summed E-state index contributed by atoms with van der Waals surface area (Å²) in [5.74, 6) is 0.627. The van der Waals surface area contributed by atoms with Crippen LogP contribution in [-0.2, 0) is 17.9 Å². The molecule has 0 saturated carbocycles. The molecule has 0 aliphatic rings. The summed E-state index contributed by atoms with van der Waals surface area (Å²) in [6, 6.07) is 19.5. The van der Waals surface area contributed by atoms with Crippen LogP contribution in [0.3, 0.4) is 0 Å². The highest BCUT2D eigenvalue weighted by atomic mass is 16.5. The minimum absolute atomic E-state index is 0.0651. The predicted molar refractivity (Wildman–Crippen MR) is 101 cm³/mol. The van der Waals surface area contributed by atoms with Gasteiger partial charge in [0.25, 0.3) is 5.91 Å². The van der Waals surface area contributed by atoms with Gasteiger partial charge in [-0.05, 0) is 24.6 Å². The Kier molecular flexibility index (Phi) is 5.69. The van der Waals surface area contributed by atoms with Crippen molar-refractivity contribution in [2.24, 2.45) is 0 Å². The predicted octanol–water partition coefficient (Wildman–Crippen LogP) is 3.36. The highest BCUT2D eigenvalue weighted by Crippen LogP contribution is 2.13. The molecule has 5 nitrogen and oxygen atoms in total. The van der Waals surface area contributed by atoms with E-state index in [1.165, 1.54) is 5.56 Å². The van der Waals surface area contributed by atoms with E-state index in [-0.39, 0.29) is 5.91 Å². The van der Waals surface area contributed by atoms with Crippen molar-refractivity contribution in [1.29, 1.82) is 0 Å². The van der Waals surface area contributed by atoms with Gasteiger partial charge in [-0.15, -0.1) is 0 Å². The number of para-hydroxylation sites is 1. The Bertz CT molecular complexity index is 831. The first kappa shape index (κ1) is 17.7. The van der Waals surface area contributed by atoms with Gasteiger partial charge in [-0.1, -0.05) is 48.5 Å². The van der Waals surface area contributed by atoms with Gasteiger partial charge in [-0.3, -0.25) is 9.48 Å². The molecule has 134 valence electrons. The molecule has 2 aromatic carbocycles. The highest BCUT2D eigenvalue weighted by Gasteiger charge is 2.19. The highest BCUT2D eigenvalue weighted by molar-refractivity contribution is 5.80. The van der Waals surface area contributed by atoms with Crippen LogP contribution in [0.5, 0.6) is 5.75 Å². The molecular weight excluding hydrogens is 326 g/mol. The van der Waals surface area contributed by atoms with Crippen molar-refractivity contribution < 1.29 is 9.53 Å². The fourth-order valence-corrected chi connectivity index (χ4v) is 2.76. The fraction of sp³-hybridized carbons (Fsp3) is 0.238. The van der Waals surface area contributed by atoms with E-state index in [4.69, 9.17) is 4.74 Å². The molecule has 0 aliphatic heterocycles. The Morgan fingerprint density at radius 2 is 1.73 bits per heavy atom. The number of nitrogens with zero attached hydrogens (tertiary/aromatic N) is 3. The molecule has 3 aromatic rings. The van der Waals surface area contributed by atoms with Gasteiger partial charge in [0.05, 0.1) is 12.7 Å². The molecule has 1 atom stereocenters. The molecule has 0 spiro atoms. The lowest BCUT2D eigenvalue weighted by molar-refractivity contribution is -0.137. The summed E-state index contributed by atoms with van der Waals surface area (Å²) in [6.45, 7) is 2.98. The maximum Gasteiger partial charge on any atom is 0.263 e. The summed E-state index contributed by atoms with van der Waals surface area (Å²) in [6.07, 6.45) is 3.23. The molecule has 1 amide bonds. The van der Waals surface area contributed by atoms with Crippen LogP contribution in [-0.4, -0.2) is 33.7 Å². The van der Waals surface area contributed by atoms with E-state index in [9.17, 15) is 4.79 Å². The van der Waals surface area contributed by atoms with E-state index in [2.05, 4.69) is 17.2 Å². The van der Waals surface area contributed by atoms with E-state index in [1.807, 2.05) is 59.4 Å². The van der Waals surface area contributed by atoms with E-state index < -0.39 is 6.10 Å². The van der Waals surface area contributed by atoms with Crippen LogP contribution in [0, 0.1) is 0 Å². The average molecular weight is 349 g/mol. The molecule has 26 heavy (non-hydrogen) atoms. The SMILES string of the molecule is CC(Oc1ccccc1)C(=O)N(C)Cc1cnn(Cc2ccccc2)c1. The molecule has 0 fully saturated rings. The van der Waals surface area contributed by atoms with Crippen LogP contribution in [0.2, 0.25) is 0 Å². The lowest BCUT2D eigenvalue weighted by atomic mass is 10.2. The van der Waals surface area contributed by atoms with Crippen molar-refractivity contribution in [2.75, 3.05) is 7.05 Å². The number of benzene rings is 2. The number of carbonyl (C=O) groups excluding carboxylic acids is 1. The summed E-state index contributed by atoms with van der Waals surface area (Å²) in [7, 11) is 1.78. The van der Waals surface area contributed by atoms with Gasteiger partial charge in [-0.2, -0.15) is 5.10 Å². The Hall–Kier alpha value is -3.08. The average Bonchev–Trinajstić information content (AvgIpc) is 3.09. The van der Waals surface area contributed by atoms with Gasteiger partial charge in [0, 0.05) is 25.4 Å². The van der Waals surface area contributed by atoms with E-state index in [0.29, 0.717) is 18.8 Å². The topological polar surface area (TPSA) is 47.4 Å². The van der Waals surface area contributed by atoms with Crippen LogP contribution in [0.1, 0.15) is 18.1 Å². The summed E-state index contributed by atoms with van der Waals surface area (Å²) in [5.41, 5.74) is 2.18. The minimum atomic E-state index is -0.540. The molecule has 5 heteroatoms. The third-order valence-electron chi connectivity index (χ3n) is 4.07. The number of amides is 1. The monoisotopic (exact) mass is 349 g/mol. The number of likely N-dealkylation sites (N-methyl/N-ethyl adjacent to an activating group) is 1. The van der Waals surface area contributed by atoms with Crippen LogP contribution >= 0.6 is 0 Å². The maximum atomic E-state index is 12.5. The largest absolute Gasteiger partial charge is 0.481 e. The van der Waals surface area contributed by atoms with Crippen LogP contribution in [0.25, 0.3) is 0 Å². The minimum Gasteiger partial charge on any atom is -0.481 e. The maximum absolute atomic E-state index is 12.5. The van der Waals surface area contributed by atoms with E-state index in [1.54, 1.807) is 25.1 Å². The second-order valence-corrected chi connectivity index (χ2v) is 6.30. The number of carbonyl (C=O) groups is 1. The first-order valence-corrected chi connectivity index (χ1v) is 8.64. The van der Waals surface area contributed by atoms with Gasteiger partial charge >= 0.3 is 0 Å². The molecular formula is C21H23N3O2. The smallest absolute Gasteiger partial charge is 0.263 e. The summed E-state index contributed by atoms with van der Waals surface area (Å²) in [5, 5.41) is 4.38. The van der Waals surface area contributed by atoms with Crippen LogP contribution < -0.4 is 4.74 Å². The second kappa shape index (κ2) is 8.34. The lowest BCUT2D eigenvalue weighted by Gasteiger charge is -2.21. The van der Waals surface area contributed by atoms with Crippen molar-refractivity contribution in [3.63, 3.8) is 0 Å². The van der Waals surface area contributed by atoms with Crippen molar-refractivity contribution >= 4 is 5.91 Å². The number of aromatic nitrogens is 2. The van der Waals surface area contributed by atoms with Crippen molar-refractivity contribution in [3.05, 3.63) is 84.2 Å². The Morgan fingerprint density at radius 3 is 2.42 bits per heavy atom. The Morgan fingerprint density at radius 1 is 1.08 bits per heavy atom. The summed E-state index contributed by atoms with van der Waals surface area (Å²) < 4.78 is 7.59. The molecule has 0 N–H and O–H groups in total. The molecule has 1 aromatic heterocycles. The first-order chi connectivity index (χ1) is 12.6. The van der Waals surface area contributed by atoms with Crippen molar-refractivity contribution in [1.82, 2.24) is 14.7 Å². The third-order valence-corrected chi connectivity index (χ3v) is 4.07.